The number of sulfonamides is 1. The monoisotopic (exact) mass is 540 g/mol. The van der Waals surface area contributed by atoms with Gasteiger partial charge in [0.2, 0.25) is 10.0 Å². The van der Waals surface area contributed by atoms with Crippen LogP contribution in [0.25, 0.3) is 28.1 Å². The molecular weight excluding hydrogens is 526 g/mol. The molecule has 3 aromatic heterocycles. The highest BCUT2D eigenvalue weighted by atomic mass is 32.2. The molecule has 0 saturated carbocycles. The number of nitrogens with one attached hydrogen (secondary N) is 1. The Morgan fingerprint density at radius 1 is 1.03 bits per heavy atom. The molecule has 1 atom stereocenters. The average Bonchev–Trinajstić information content (AvgIpc) is 3.17. The molecule has 1 N–H and O–H groups in total. The molecule has 0 spiro atoms. The Balaban J connectivity index is 1.91. The van der Waals surface area contributed by atoms with Crippen molar-refractivity contribution in [3.63, 3.8) is 0 Å². The van der Waals surface area contributed by atoms with E-state index in [0.29, 0.717) is 6.92 Å². The van der Waals surface area contributed by atoms with Crippen LogP contribution in [0.1, 0.15) is 18.1 Å². The number of pyridine rings is 1. The summed E-state index contributed by atoms with van der Waals surface area (Å²) in [5.41, 5.74) is -1.17. The fourth-order valence-corrected chi connectivity index (χ4v) is 4.69. The summed E-state index contributed by atoms with van der Waals surface area (Å²) in [4.78, 5) is 11.4. The van der Waals surface area contributed by atoms with Crippen LogP contribution < -0.4 is 4.72 Å². The lowest BCUT2D eigenvalue weighted by Gasteiger charge is -2.17. The van der Waals surface area contributed by atoms with Gasteiger partial charge in [0.1, 0.15) is 17.0 Å². The van der Waals surface area contributed by atoms with Crippen molar-refractivity contribution in [1.82, 2.24) is 24.2 Å². The standard InChI is InChI=1S/C22H14F6N6O2S/c1-12(21(23,24)25)33-37(35,36)14-3-5-17(32-10-14)20-16(9-29)15-4-2-13(22(26,27)28)8-18(15)34(20)19-11-30-6-7-31-19/h2-8,10-12,33H,1H3. The molecule has 1 aromatic carbocycles. The van der Waals surface area contributed by atoms with Crippen molar-refractivity contribution in [1.29, 1.82) is 5.26 Å². The predicted octanol–water partition coefficient (Wildman–Crippen LogP) is 4.60. The second kappa shape index (κ2) is 9.12. The topological polar surface area (TPSA) is 114 Å². The van der Waals surface area contributed by atoms with Gasteiger partial charge in [-0.15, -0.1) is 0 Å². The highest BCUT2D eigenvalue weighted by Gasteiger charge is 2.39. The van der Waals surface area contributed by atoms with E-state index >= 15 is 0 Å². The zero-order valence-electron chi connectivity index (χ0n) is 18.5. The van der Waals surface area contributed by atoms with Crippen molar-refractivity contribution < 1.29 is 34.8 Å². The number of fused-ring (bicyclic) bond motifs is 1. The number of hydrogen-bond donors (Lipinski definition) is 1. The maximum absolute atomic E-state index is 13.4. The van der Waals surface area contributed by atoms with Crippen LogP contribution in [0, 0.1) is 11.3 Å². The van der Waals surface area contributed by atoms with Gasteiger partial charge in [0.25, 0.3) is 0 Å². The first-order valence-corrected chi connectivity index (χ1v) is 11.7. The number of aromatic nitrogens is 4. The molecule has 0 aliphatic carbocycles. The fraction of sp³-hybridized carbons (Fsp3) is 0.182. The summed E-state index contributed by atoms with van der Waals surface area (Å²) in [6.07, 6.45) is -4.88. The number of rotatable bonds is 5. The Labute approximate surface area is 205 Å². The third-order valence-electron chi connectivity index (χ3n) is 5.30. The Morgan fingerprint density at radius 2 is 1.76 bits per heavy atom. The van der Waals surface area contributed by atoms with Crippen LogP contribution in [0.5, 0.6) is 0 Å². The predicted molar refractivity (Wildman–Crippen MR) is 118 cm³/mol. The van der Waals surface area contributed by atoms with Gasteiger partial charge in [-0.2, -0.15) is 36.3 Å². The first kappa shape index (κ1) is 26.0. The van der Waals surface area contributed by atoms with E-state index in [1.807, 2.05) is 6.07 Å². The van der Waals surface area contributed by atoms with Gasteiger partial charge in [-0.1, -0.05) is 6.07 Å². The summed E-state index contributed by atoms with van der Waals surface area (Å²) in [6.45, 7) is 0.632. The zero-order valence-corrected chi connectivity index (χ0v) is 19.3. The first-order chi connectivity index (χ1) is 17.2. The van der Waals surface area contributed by atoms with Crippen LogP contribution in [0.3, 0.4) is 0 Å². The summed E-state index contributed by atoms with van der Waals surface area (Å²) >= 11 is 0. The second-order valence-corrected chi connectivity index (χ2v) is 9.44. The molecule has 37 heavy (non-hydrogen) atoms. The number of nitrogens with zero attached hydrogens (tertiary/aromatic N) is 5. The van der Waals surface area contributed by atoms with Gasteiger partial charge in [0.15, 0.2) is 5.82 Å². The molecular formula is C22H14F6N6O2S. The van der Waals surface area contributed by atoms with Gasteiger partial charge in [0, 0.05) is 24.0 Å². The SMILES string of the molecule is CC(NS(=O)(=O)c1ccc(-c2c(C#N)c3ccc(C(F)(F)F)cc3n2-c2cnccn2)nc1)C(F)(F)F. The van der Waals surface area contributed by atoms with Crippen molar-refractivity contribution in [3.8, 4) is 23.3 Å². The van der Waals surface area contributed by atoms with E-state index in [0.717, 1.165) is 36.5 Å². The van der Waals surface area contributed by atoms with E-state index in [1.54, 1.807) is 0 Å². The highest BCUT2D eigenvalue weighted by molar-refractivity contribution is 7.89. The lowest BCUT2D eigenvalue weighted by Crippen LogP contribution is -2.42. The number of halogens is 6. The second-order valence-electron chi connectivity index (χ2n) is 7.73. The van der Waals surface area contributed by atoms with Crippen molar-refractivity contribution >= 4 is 20.9 Å². The van der Waals surface area contributed by atoms with Crippen molar-refractivity contribution in [2.45, 2.75) is 30.2 Å². The van der Waals surface area contributed by atoms with Gasteiger partial charge in [0.05, 0.1) is 34.2 Å². The number of benzene rings is 1. The van der Waals surface area contributed by atoms with Crippen LogP contribution in [-0.4, -0.2) is 40.2 Å². The molecule has 4 aromatic rings. The van der Waals surface area contributed by atoms with E-state index in [4.69, 9.17) is 0 Å². The molecule has 0 saturated heterocycles. The molecule has 0 aliphatic heterocycles. The van der Waals surface area contributed by atoms with Crippen molar-refractivity contribution in [2.75, 3.05) is 0 Å². The summed E-state index contributed by atoms with van der Waals surface area (Å²) in [5, 5.41) is 10.00. The molecule has 0 aliphatic rings. The van der Waals surface area contributed by atoms with Crippen LogP contribution in [0.15, 0.2) is 60.0 Å². The zero-order chi connectivity index (χ0) is 27.2. The summed E-state index contributed by atoms with van der Waals surface area (Å²) in [7, 11) is -4.62. The minimum atomic E-state index is -4.82. The lowest BCUT2D eigenvalue weighted by atomic mass is 10.1. The van der Waals surface area contributed by atoms with Gasteiger partial charge in [-0.3, -0.25) is 14.5 Å². The average molecular weight is 540 g/mol. The summed E-state index contributed by atoms with van der Waals surface area (Å²) < 4.78 is 106. The minimum absolute atomic E-state index is 0.0158. The van der Waals surface area contributed by atoms with Crippen LogP contribution >= 0.6 is 0 Å². The lowest BCUT2D eigenvalue weighted by molar-refractivity contribution is -0.147. The van der Waals surface area contributed by atoms with E-state index in [-0.39, 0.29) is 33.7 Å². The smallest absolute Gasteiger partial charge is 0.290 e. The normalized spacial score (nSPS) is 13.5. The van der Waals surface area contributed by atoms with Crippen molar-refractivity contribution in [2.24, 2.45) is 0 Å². The minimum Gasteiger partial charge on any atom is -0.290 e. The maximum atomic E-state index is 13.4. The largest absolute Gasteiger partial charge is 0.416 e. The van der Waals surface area contributed by atoms with Crippen LogP contribution in [0.2, 0.25) is 0 Å². The Kier molecular flexibility index (Phi) is 6.42. The molecule has 1 unspecified atom stereocenters. The Bertz CT molecular complexity index is 1610. The summed E-state index contributed by atoms with van der Waals surface area (Å²) in [5.74, 6) is 0.0440. The van der Waals surface area contributed by atoms with Crippen LogP contribution in [-0.2, 0) is 16.2 Å². The molecule has 0 fully saturated rings. The van der Waals surface area contributed by atoms with Gasteiger partial charge >= 0.3 is 12.4 Å². The number of hydrogen-bond acceptors (Lipinski definition) is 6. The van der Waals surface area contributed by atoms with Gasteiger partial charge in [-0.25, -0.2) is 13.4 Å². The fourth-order valence-electron chi connectivity index (χ4n) is 3.51. The Morgan fingerprint density at radius 3 is 2.30 bits per heavy atom. The third-order valence-corrected chi connectivity index (χ3v) is 6.82. The van der Waals surface area contributed by atoms with Gasteiger partial charge < -0.3 is 0 Å². The highest BCUT2D eigenvalue weighted by Crippen LogP contribution is 2.38. The molecule has 0 amide bonds. The maximum Gasteiger partial charge on any atom is 0.416 e. The quantitative estimate of drug-likeness (QED) is 0.370. The summed E-state index contributed by atoms with van der Waals surface area (Å²) in [6, 6.07) is 4.41. The first-order valence-electron chi connectivity index (χ1n) is 10.2. The number of nitriles is 1. The van der Waals surface area contributed by atoms with E-state index in [2.05, 4.69) is 15.0 Å². The van der Waals surface area contributed by atoms with E-state index in [9.17, 15) is 40.0 Å². The molecule has 0 radical (unpaired) electrons. The van der Waals surface area contributed by atoms with Crippen molar-refractivity contribution in [3.05, 3.63) is 66.2 Å². The number of alkyl halides is 6. The molecule has 192 valence electrons. The van der Waals surface area contributed by atoms with Gasteiger partial charge in [-0.05, 0) is 31.2 Å². The van der Waals surface area contributed by atoms with E-state index < -0.39 is 38.9 Å². The molecule has 4 rings (SSSR count). The molecule has 3 heterocycles. The Hall–Kier alpha value is -4.03. The molecule has 15 heteroatoms. The van der Waals surface area contributed by atoms with Crippen LogP contribution in [0.4, 0.5) is 26.3 Å². The molecule has 8 nitrogen and oxygen atoms in total. The molecule has 0 bridgehead atoms. The third kappa shape index (κ3) is 4.98. The van der Waals surface area contributed by atoms with E-state index in [1.165, 1.54) is 27.9 Å².